The molecule has 2 aromatic rings. The summed E-state index contributed by atoms with van der Waals surface area (Å²) in [5, 5.41) is 40.4. The normalized spacial score (nSPS) is 15.1. The number of benzene rings is 2. The first-order valence-electron chi connectivity index (χ1n) is 8.10. The van der Waals surface area contributed by atoms with Crippen LogP contribution in [-0.4, -0.2) is 55.1 Å². The van der Waals surface area contributed by atoms with Gasteiger partial charge in [0.15, 0.2) is 0 Å². The lowest BCUT2D eigenvalue weighted by Gasteiger charge is -2.34. The smallest absolute Gasteiger partial charge is 0.348 e. The molecule has 0 saturated heterocycles. The van der Waals surface area contributed by atoms with E-state index in [0.29, 0.717) is 11.1 Å². The van der Waals surface area contributed by atoms with Crippen LogP contribution in [0.3, 0.4) is 0 Å². The highest BCUT2D eigenvalue weighted by atomic mass is 16.5. The maximum Gasteiger partial charge on any atom is 0.348 e. The second-order valence-corrected chi connectivity index (χ2v) is 6.43. The summed E-state index contributed by atoms with van der Waals surface area (Å²) in [6.07, 6.45) is 0. The summed E-state index contributed by atoms with van der Waals surface area (Å²) in [6.45, 7) is 3.16. The molecule has 0 amide bonds. The number of carbonyl (C=O) groups is 4. The molecule has 2 rings (SSSR count). The Kier molecular flexibility index (Phi) is 5.49. The van der Waals surface area contributed by atoms with Gasteiger partial charge in [-0.3, -0.25) is 9.59 Å². The third kappa shape index (κ3) is 3.19. The van der Waals surface area contributed by atoms with Gasteiger partial charge in [-0.05, 0) is 26.0 Å². The molecule has 0 radical (unpaired) electrons. The molecule has 2 aromatic carbocycles. The molecule has 0 aliphatic heterocycles. The molecular weight excluding hydrogens is 368 g/mol. The van der Waals surface area contributed by atoms with Gasteiger partial charge < -0.3 is 20.4 Å². The number of Topliss-reactive ketones (excluding diaryl/α,β-unsaturated/α-hetero) is 2. The molecule has 0 saturated carbocycles. The molecule has 2 atom stereocenters. The largest absolute Gasteiger partial charge is 0.479 e. The summed E-state index contributed by atoms with van der Waals surface area (Å²) < 4.78 is 0. The number of rotatable bonds is 7. The predicted octanol–water partition coefficient (Wildman–Crippen LogP) is 1.00. The van der Waals surface area contributed by atoms with Crippen LogP contribution in [0.15, 0.2) is 48.5 Å². The zero-order valence-corrected chi connectivity index (χ0v) is 15.0. The Balaban J connectivity index is 2.74. The van der Waals surface area contributed by atoms with E-state index in [4.69, 9.17) is 0 Å². The molecule has 0 aliphatic carbocycles. The number of hydrogen-bond acceptors (Lipinski definition) is 6. The van der Waals surface area contributed by atoms with Gasteiger partial charge in [0.1, 0.15) is 0 Å². The van der Waals surface area contributed by atoms with Crippen LogP contribution in [0.25, 0.3) is 0 Å². The van der Waals surface area contributed by atoms with Gasteiger partial charge in [-0.15, -0.1) is 0 Å². The molecule has 8 heteroatoms. The highest BCUT2D eigenvalue weighted by Crippen LogP contribution is 2.32. The molecule has 4 N–H and O–H groups in total. The van der Waals surface area contributed by atoms with Crippen molar-refractivity contribution in [3.05, 3.63) is 70.8 Å². The molecule has 0 aromatic heterocycles. The number of carboxylic acids is 2. The van der Waals surface area contributed by atoms with Crippen LogP contribution in [0.5, 0.6) is 0 Å². The van der Waals surface area contributed by atoms with Crippen LogP contribution in [0.2, 0.25) is 0 Å². The first kappa shape index (κ1) is 20.9. The van der Waals surface area contributed by atoms with E-state index >= 15 is 0 Å². The lowest BCUT2D eigenvalue weighted by Crippen LogP contribution is -2.71. The molecular formula is C20H18O8. The summed E-state index contributed by atoms with van der Waals surface area (Å²) >= 11 is 0. The monoisotopic (exact) mass is 386 g/mol. The molecule has 0 spiro atoms. The number of hydrogen-bond donors (Lipinski definition) is 4. The fourth-order valence-electron chi connectivity index (χ4n) is 2.82. The third-order valence-corrected chi connectivity index (χ3v) is 4.36. The first-order valence-corrected chi connectivity index (χ1v) is 8.10. The molecule has 0 fully saturated rings. The fourth-order valence-corrected chi connectivity index (χ4v) is 2.82. The summed E-state index contributed by atoms with van der Waals surface area (Å²) in [6, 6.07) is 10.6. The lowest BCUT2D eigenvalue weighted by atomic mass is 9.73. The van der Waals surface area contributed by atoms with Crippen LogP contribution in [0.4, 0.5) is 0 Å². The highest BCUT2D eigenvalue weighted by Gasteiger charge is 2.69. The Morgan fingerprint density at radius 3 is 1.25 bits per heavy atom. The molecule has 28 heavy (non-hydrogen) atoms. The van der Waals surface area contributed by atoms with Crippen LogP contribution in [-0.2, 0) is 9.59 Å². The minimum absolute atomic E-state index is 0.374. The van der Waals surface area contributed by atoms with E-state index in [1.165, 1.54) is 24.3 Å². The van der Waals surface area contributed by atoms with Crippen molar-refractivity contribution in [2.24, 2.45) is 0 Å². The van der Waals surface area contributed by atoms with Crippen LogP contribution < -0.4 is 0 Å². The Labute approximate surface area is 159 Å². The molecule has 0 bridgehead atoms. The first-order chi connectivity index (χ1) is 13.0. The summed E-state index contributed by atoms with van der Waals surface area (Å²) in [4.78, 5) is 49.3. The molecule has 0 heterocycles. The maximum atomic E-state index is 12.8. The van der Waals surface area contributed by atoms with Gasteiger partial charge in [-0.2, -0.15) is 0 Å². The summed E-state index contributed by atoms with van der Waals surface area (Å²) in [5.74, 6) is -8.00. The summed E-state index contributed by atoms with van der Waals surface area (Å²) in [5.41, 5.74) is -7.64. The maximum absolute atomic E-state index is 12.8. The van der Waals surface area contributed by atoms with Crippen molar-refractivity contribution < 1.29 is 39.6 Å². The van der Waals surface area contributed by atoms with Gasteiger partial charge >= 0.3 is 11.9 Å². The zero-order valence-electron chi connectivity index (χ0n) is 15.0. The second-order valence-electron chi connectivity index (χ2n) is 6.43. The number of aliphatic carboxylic acids is 2. The van der Waals surface area contributed by atoms with E-state index in [9.17, 15) is 39.6 Å². The van der Waals surface area contributed by atoms with Crippen molar-refractivity contribution in [1.82, 2.24) is 0 Å². The Bertz CT molecular complexity index is 900. The average molecular weight is 386 g/mol. The number of aryl methyl sites for hydroxylation is 2. The standard InChI is InChI=1S/C20H18O8/c1-11-5-3-7-13(9-11)15(21)19(27,17(23)24)20(28,18(25)26)16(22)14-8-4-6-12(2)10-14/h3-10,27-28H,1-2H3,(H,23,24)(H,25,26)/t19-,20-/m1/s1. The Morgan fingerprint density at radius 2 is 1.00 bits per heavy atom. The van der Waals surface area contributed by atoms with Gasteiger partial charge in [-0.25, -0.2) is 9.59 Å². The van der Waals surface area contributed by atoms with Gasteiger partial charge in [0.05, 0.1) is 0 Å². The predicted molar refractivity (Wildman–Crippen MR) is 96.2 cm³/mol. The molecule has 146 valence electrons. The Morgan fingerprint density at radius 1 is 0.679 bits per heavy atom. The topological polar surface area (TPSA) is 149 Å². The molecule has 0 aliphatic rings. The minimum atomic E-state index is -3.96. The second kappa shape index (κ2) is 7.34. The van der Waals surface area contributed by atoms with Crippen molar-refractivity contribution in [3.63, 3.8) is 0 Å². The van der Waals surface area contributed by atoms with E-state index in [1.54, 1.807) is 26.0 Å². The van der Waals surface area contributed by atoms with Crippen LogP contribution in [0.1, 0.15) is 31.8 Å². The van der Waals surface area contributed by atoms with E-state index in [2.05, 4.69) is 0 Å². The lowest BCUT2D eigenvalue weighted by molar-refractivity contribution is -0.187. The van der Waals surface area contributed by atoms with E-state index in [1.807, 2.05) is 0 Å². The number of carbonyl (C=O) groups excluding carboxylic acids is 2. The third-order valence-electron chi connectivity index (χ3n) is 4.36. The van der Waals surface area contributed by atoms with Gasteiger partial charge in [0.2, 0.25) is 11.6 Å². The molecule has 0 unspecified atom stereocenters. The van der Waals surface area contributed by atoms with Gasteiger partial charge in [-0.1, -0.05) is 47.5 Å². The van der Waals surface area contributed by atoms with Crippen molar-refractivity contribution >= 4 is 23.5 Å². The number of carboxylic acid groups (broad SMARTS) is 2. The number of aliphatic hydroxyl groups is 2. The fraction of sp³-hybridized carbons (Fsp3) is 0.200. The van der Waals surface area contributed by atoms with E-state index < -0.39 is 34.7 Å². The average Bonchev–Trinajstić information content (AvgIpc) is 2.65. The number of ketones is 2. The summed E-state index contributed by atoms with van der Waals surface area (Å²) in [7, 11) is 0. The van der Waals surface area contributed by atoms with Crippen molar-refractivity contribution in [2.75, 3.05) is 0 Å². The molecule has 8 nitrogen and oxygen atoms in total. The van der Waals surface area contributed by atoms with Gasteiger partial charge in [0.25, 0.3) is 11.2 Å². The quantitative estimate of drug-likeness (QED) is 0.407. The van der Waals surface area contributed by atoms with Crippen LogP contribution in [0, 0.1) is 13.8 Å². The van der Waals surface area contributed by atoms with E-state index in [0.717, 1.165) is 12.1 Å². The van der Waals surface area contributed by atoms with Crippen molar-refractivity contribution in [3.8, 4) is 0 Å². The minimum Gasteiger partial charge on any atom is -0.479 e. The zero-order chi connectivity index (χ0) is 21.3. The van der Waals surface area contributed by atoms with Crippen molar-refractivity contribution in [2.45, 2.75) is 25.0 Å². The SMILES string of the molecule is Cc1cccc(C(=O)[C@@](O)(C(=O)O)[C@](O)(C(=O)O)C(=O)c2cccc(C)c2)c1. The van der Waals surface area contributed by atoms with Gasteiger partial charge in [0, 0.05) is 11.1 Å². The van der Waals surface area contributed by atoms with E-state index in [-0.39, 0.29) is 11.1 Å². The van der Waals surface area contributed by atoms with Crippen molar-refractivity contribution in [1.29, 1.82) is 0 Å². The van der Waals surface area contributed by atoms with Crippen LogP contribution >= 0.6 is 0 Å². The Hall–Kier alpha value is -3.36. The highest BCUT2D eigenvalue weighted by molar-refractivity contribution is 6.28.